The van der Waals surface area contributed by atoms with E-state index >= 15 is 0 Å². The monoisotopic (exact) mass is 650 g/mol. The lowest BCUT2D eigenvalue weighted by Crippen LogP contribution is -2.00. The maximum absolute atomic E-state index is 6.48. The van der Waals surface area contributed by atoms with E-state index in [0.717, 1.165) is 55.6 Å². The van der Waals surface area contributed by atoms with Crippen molar-refractivity contribution in [2.75, 3.05) is 0 Å². The molecule has 0 N–H and O–H groups in total. The molecule has 0 amide bonds. The third kappa shape index (κ3) is 4.19. The lowest BCUT2D eigenvalue weighted by Gasteiger charge is -2.16. The van der Waals surface area contributed by atoms with E-state index in [1.807, 2.05) is 12.1 Å². The molecule has 51 heavy (non-hydrogen) atoms. The fraction of sp³-hybridized carbons (Fsp3) is 0. The van der Waals surface area contributed by atoms with Crippen LogP contribution in [0.25, 0.3) is 99.2 Å². The van der Waals surface area contributed by atoms with Crippen molar-refractivity contribution in [3.8, 4) is 33.6 Å². The van der Waals surface area contributed by atoms with E-state index in [9.17, 15) is 0 Å². The van der Waals surface area contributed by atoms with Crippen molar-refractivity contribution >= 4 is 65.6 Å². The van der Waals surface area contributed by atoms with Gasteiger partial charge in [-0.2, -0.15) is 0 Å². The minimum Gasteiger partial charge on any atom is -0.455 e. The zero-order chi connectivity index (χ0) is 33.5. The zero-order valence-electron chi connectivity index (χ0n) is 27.6. The molecule has 0 aliphatic heterocycles. The summed E-state index contributed by atoms with van der Waals surface area (Å²) in [6, 6.07) is 65.6. The first kappa shape index (κ1) is 28.0. The second-order valence-electron chi connectivity index (χ2n) is 13.3. The van der Waals surface area contributed by atoms with Gasteiger partial charge in [0.1, 0.15) is 11.2 Å². The molecule has 0 aliphatic rings. The molecule has 0 saturated carbocycles. The van der Waals surface area contributed by atoms with Gasteiger partial charge in [-0.15, -0.1) is 0 Å². The molecule has 3 heterocycles. The van der Waals surface area contributed by atoms with Gasteiger partial charge in [-0.25, -0.2) is 0 Å². The third-order valence-electron chi connectivity index (χ3n) is 10.5. The van der Waals surface area contributed by atoms with Crippen molar-refractivity contribution in [3.05, 3.63) is 182 Å². The van der Waals surface area contributed by atoms with E-state index < -0.39 is 0 Å². The van der Waals surface area contributed by atoms with Gasteiger partial charge in [-0.1, -0.05) is 127 Å². The second-order valence-corrected chi connectivity index (χ2v) is 13.3. The van der Waals surface area contributed by atoms with Gasteiger partial charge in [0.25, 0.3) is 0 Å². The van der Waals surface area contributed by atoms with E-state index in [1.165, 1.54) is 43.6 Å². The zero-order valence-corrected chi connectivity index (χ0v) is 27.6. The SMILES string of the molecule is c1cc(-c2cc(-n3c4ccccc4c4ccccc43)cc(-n3c4ccccc4c4ccccc43)c2)cc(-c2cccc3c2oc2ccccc23)c1. The molecule has 0 unspecified atom stereocenters. The van der Waals surface area contributed by atoms with Gasteiger partial charge in [0.2, 0.25) is 0 Å². The number of aromatic nitrogens is 2. The minimum absolute atomic E-state index is 0.908. The van der Waals surface area contributed by atoms with Crippen LogP contribution in [0.15, 0.2) is 186 Å². The Morgan fingerprint density at radius 3 is 1.33 bits per heavy atom. The van der Waals surface area contributed by atoms with Crippen molar-refractivity contribution in [1.29, 1.82) is 0 Å². The quantitative estimate of drug-likeness (QED) is 0.186. The molecule has 11 aromatic rings. The Balaban J connectivity index is 1.19. The molecular weight excluding hydrogens is 621 g/mol. The van der Waals surface area contributed by atoms with Crippen molar-refractivity contribution in [1.82, 2.24) is 9.13 Å². The number of hydrogen-bond acceptors (Lipinski definition) is 1. The predicted octanol–water partition coefficient (Wildman–Crippen LogP) is 13.1. The van der Waals surface area contributed by atoms with Gasteiger partial charge in [0, 0.05) is 49.3 Å². The molecule has 3 nitrogen and oxygen atoms in total. The Morgan fingerprint density at radius 1 is 0.314 bits per heavy atom. The molecule has 3 aromatic heterocycles. The fourth-order valence-corrected chi connectivity index (χ4v) is 8.26. The van der Waals surface area contributed by atoms with Crippen LogP contribution in [-0.4, -0.2) is 9.13 Å². The highest BCUT2D eigenvalue weighted by molar-refractivity contribution is 6.11. The van der Waals surface area contributed by atoms with Crippen molar-refractivity contribution in [3.63, 3.8) is 0 Å². The molecule has 0 fully saturated rings. The summed E-state index contributed by atoms with van der Waals surface area (Å²) >= 11 is 0. The number of nitrogens with zero attached hydrogens (tertiary/aromatic N) is 2. The maximum atomic E-state index is 6.48. The number of benzene rings is 8. The highest BCUT2D eigenvalue weighted by Gasteiger charge is 2.18. The van der Waals surface area contributed by atoms with Crippen molar-refractivity contribution in [2.24, 2.45) is 0 Å². The smallest absolute Gasteiger partial charge is 0.143 e. The summed E-state index contributed by atoms with van der Waals surface area (Å²) in [5.41, 5.74) is 13.3. The van der Waals surface area contributed by atoms with Crippen LogP contribution in [0, 0.1) is 0 Å². The van der Waals surface area contributed by atoms with Gasteiger partial charge >= 0.3 is 0 Å². The van der Waals surface area contributed by atoms with E-state index in [-0.39, 0.29) is 0 Å². The van der Waals surface area contributed by atoms with E-state index in [2.05, 4.69) is 179 Å². The number of fused-ring (bicyclic) bond motifs is 9. The van der Waals surface area contributed by atoms with Crippen LogP contribution in [-0.2, 0) is 0 Å². The normalized spacial score (nSPS) is 11.9. The van der Waals surface area contributed by atoms with Crippen LogP contribution in [0.1, 0.15) is 0 Å². The first-order chi connectivity index (χ1) is 25.3. The third-order valence-corrected chi connectivity index (χ3v) is 10.5. The molecule has 0 spiro atoms. The molecular formula is C48H30N2O. The summed E-state index contributed by atoms with van der Waals surface area (Å²) in [6.07, 6.45) is 0. The van der Waals surface area contributed by atoms with E-state index in [1.54, 1.807) is 0 Å². The lowest BCUT2D eigenvalue weighted by atomic mass is 9.97. The Labute approximate surface area is 293 Å². The first-order valence-electron chi connectivity index (χ1n) is 17.4. The average Bonchev–Trinajstić information content (AvgIpc) is 3.86. The largest absolute Gasteiger partial charge is 0.455 e. The van der Waals surface area contributed by atoms with Gasteiger partial charge in [0.15, 0.2) is 0 Å². The van der Waals surface area contributed by atoms with Crippen LogP contribution < -0.4 is 0 Å². The summed E-state index contributed by atoms with van der Waals surface area (Å²) in [5.74, 6) is 0. The molecule has 0 bridgehead atoms. The molecule has 3 heteroatoms. The maximum Gasteiger partial charge on any atom is 0.143 e. The molecule has 0 atom stereocenters. The Bertz CT molecular complexity index is 2920. The van der Waals surface area contributed by atoms with Crippen molar-refractivity contribution in [2.45, 2.75) is 0 Å². The summed E-state index contributed by atoms with van der Waals surface area (Å²) in [5, 5.41) is 7.27. The highest BCUT2D eigenvalue weighted by Crippen LogP contribution is 2.40. The summed E-state index contributed by atoms with van der Waals surface area (Å²) in [6.45, 7) is 0. The second kappa shape index (κ2) is 10.8. The molecule has 0 radical (unpaired) electrons. The Kier molecular flexibility index (Phi) is 5.96. The van der Waals surface area contributed by atoms with Gasteiger partial charge in [-0.05, 0) is 71.3 Å². The molecule has 238 valence electrons. The van der Waals surface area contributed by atoms with Gasteiger partial charge < -0.3 is 13.6 Å². The topological polar surface area (TPSA) is 23.0 Å². The standard InChI is InChI=1S/C48H30N2O/c1-6-22-43-37(15-1)38-16-2-7-23-44(38)49(43)34-28-33(29-35(30-34)50-45-24-8-3-17-39(45)40-18-4-9-25-46(40)50)31-13-11-14-32(27-31)36-20-12-21-42-41-19-5-10-26-47(41)51-48(36)42/h1-30H. The number of hydrogen-bond donors (Lipinski definition) is 0. The molecule has 0 saturated heterocycles. The predicted molar refractivity (Wildman–Crippen MR) is 213 cm³/mol. The van der Waals surface area contributed by atoms with Crippen LogP contribution in [0.4, 0.5) is 0 Å². The first-order valence-corrected chi connectivity index (χ1v) is 17.4. The van der Waals surface area contributed by atoms with Crippen LogP contribution in [0.5, 0.6) is 0 Å². The van der Waals surface area contributed by atoms with E-state index in [0.29, 0.717) is 0 Å². The Hall–Kier alpha value is -6.84. The molecule has 11 rings (SSSR count). The summed E-state index contributed by atoms with van der Waals surface area (Å²) in [4.78, 5) is 0. The Morgan fingerprint density at radius 2 is 0.765 bits per heavy atom. The van der Waals surface area contributed by atoms with Crippen LogP contribution in [0.2, 0.25) is 0 Å². The van der Waals surface area contributed by atoms with Crippen LogP contribution in [0.3, 0.4) is 0 Å². The summed E-state index contributed by atoms with van der Waals surface area (Å²) < 4.78 is 11.3. The number of furan rings is 1. The average molecular weight is 651 g/mol. The lowest BCUT2D eigenvalue weighted by molar-refractivity contribution is 0.670. The van der Waals surface area contributed by atoms with Gasteiger partial charge in [0.05, 0.1) is 22.1 Å². The molecule has 0 aliphatic carbocycles. The summed E-state index contributed by atoms with van der Waals surface area (Å²) in [7, 11) is 0. The number of rotatable bonds is 4. The highest BCUT2D eigenvalue weighted by atomic mass is 16.3. The van der Waals surface area contributed by atoms with Gasteiger partial charge in [-0.3, -0.25) is 0 Å². The molecule has 8 aromatic carbocycles. The number of para-hydroxylation sites is 6. The minimum atomic E-state index is 0.908. The van der Waals surface area contributed by atoms with E-state index in [4.69, 9.17) is 4.42 Å². The van der Waals surface area contributed by atoms with Crippen molar-refractivity contribution < 1.29 is 4.42 Å². The van der Waals surface area contributed by atoms with Crippen LogP contribution >= 0.6 is 0 Å². The fourth-order valence-electron chi connectivity index (χ4n) is 8.26.